The summed E-state index contributed by atoms with van der Waals surface area (Å²) in [5, 5.41) is 8.84. The average Bonchev–Trinajstić information content (AvgIpc) is 2.29. The number of carbonyl (C=O) groups is 1. The summed E-state index contributed by atoms with van der Waals surface area (Å²) in [4.78, 5) is 30.6. The predicted molar refractivity (Wildman–Crippen MR) is 62.4 cm³/mol. The SMILES string of the molecule is CC1CCN(c2nc(C(=O)O)cc(=O)[nH]2)CC1. The smallest absolute Gasteiger partial charge is 0.354 e. The van der Waals surface area contributed by atoms with Gasteiger partial charge in [-0.1, -0.05) is 6.92 Å². The minimum atomic E-state index is -1.18. The Labute approximate surface area is 98.3 Å². The number of aromatic amines is 1. The highest BCUT2D eigenvalue weighted by molar-refractivity contribution is 5.85. The van der Waals surface area contributed by atoms with Crippen LogP contribution in [-0.4, -0.2) is 34.1 Å². The zero-order chi connectivity index (χ0) is 12.4. The van der Waals surface area contributed by atoms with E-state index in [1.54, 1.807) is 0 Å². The number of anilines is 1. The fourth-order valence-corrected chi connectivity index (χ4v) is 1.92. The van der Waals surface area contributed by atoms with E-state index in [0.29, 0.717) is 11.9 Å². The average molecular weight is 237 g/mol. The van der Waals surface area contributed by atoms with E-state index in [4.69, 9.17) is 5.11 Å². The summed E-state index contributed by atoms with van der Waals surface area (Å²) in [5.74, 6) is -0.148. The fraction of sp³-hybridized carbons (Fsp3) is 0.545. The molecule has 6 heteroatoms. The molecule has 92 valence electrons. The monoisotopic (exact) mass is 237 g/mol. The highest BCUT2D eigenvalue weighted by Gasteiger charge is 2.19. The minimum absolute atomic E-state index is 0.206. The van der Waals surface area contributed by atoms with Crippen LogP contribution in [0.5, 0.6) is 0 Å². The van der Waals surface area contributed by atoms with E-state index in [0.717, 1.165) is 32.0 Å². The van der Waals surface area contributed by atoms with Gasteiger partial charge in [-0.25, -0.2) is 9.78 Å². The van der Waals surface area contributed by atoms with Crippen LogP contribution in [0.1, 0.15) is 30.3 Å². The van der Waals surface area contributed by atoms with Crippen LogP contribution < -0.4 is 10.5 Å². The van der Waals surface area contributed by atoms with Gasteiger partial charge in [0.1, 0.15) is 0 Å². The second-order valence-corrected chi connectivity index (χ2v) is 4.43. The van der Waals surface area contributed by atoms with Gasteiger partial charge in [0.05, 0.1) is 0 Å². The van der Waals surface area contributed by atoms with Crippen LogP contribution in [-0.2, 0) is 0 Å². The van der Waals surface area contributed by atoms with Crippen LogP contribution >= 0.6 is 0 Å². The molecule has 1 aliphatic rings. The van der Waals surface area contributed by atoms with Crippen molar-refractivity contribution in [3.8, 4) is 0 Å². The first-order valence-corrected chi connectivity index (χ1v) is 5.66. The molecule has 0 bridgehead atoms. The van der Waals surface area contributed by atoms with Gasteiger partial charge >= 0.3 is 5.97 Å². The van der Waals surface area contributed by atoms with Crippen molar-refractivity contribution in [2.24, 2.45) is 5.92 Å². The molecule has 2 rings (SSSR count). The van der Waals surface area contributed by atoms with Gasteiger partial charge in [0.15, 0.2) is 5.69 Å². The second-order valence-electron chi connectivity index (χ2n) is 4.43. The van der Waals surface area contributed by atoms with E-state index in [9.17, 15) is 9.59 Å². The van der Waals surface area contributed by atoms with E-state index in [1.165, 1.54) is 0 Å². The Kier molecular flexibility index (Phi) is 3.12. The molecule has 0 aromatic carbocycles. The number of carboxylic acid groups (broad SMARTS) is 1. The number of H-pyrrole nitrogens is 1. The Bertz CT molecular complexity index is 475. The van der Waals surface area contributed by atoms with Crippen molar-refractivity contribution < 1.29 is 9.90 Å². The van der Waals surface area contributed by atoms with E-state index in [2.05, 4.69) is 16.9 Å². The largest absolute Gasteiger partial charge is 0.477 e. The molecule has 1 saturated heterocycles. The summed E-state index contributed by atoms with van der Waals surface area (Å²) in [6.07, 6.45) is 2.06. The molecule has 0 aliphatic carbocycles. The van der Waals surface area contributed by atoms with Crippen LogP contribution in [0.3, 0.4) is 0 Å². The van der Waals surface area contributed by atoms with E-state index in [1.807, 2.05) is 4.90 Å². The molecule has 1 aromatic rings. The Hall–Kier alpha value is -1.85. The molecule has 6 nitrogen and oxygen atoms in total. The van der Waals surface area contributed by atoms with Crippen LogP contribution in [0, 0.1) is 5.92 Å². The number of rotatable bonds is 2. The maximum absolute atomic E-state index is 11.3. The zero-order valence-electron chi connectivity index (χ0n) is 9.64. The molecule has 1 aliphatic heterocycles. The molecule has 2 N–H and O–H groups in total. The molecule has 0 atom stereocenters. The summed E-state index contributed by atoms with van der Waals surface area (Å²) in [6, 6.07) is 0.998. The van der Waals surface area contributed by atoms with Crippen molar-refractivity contribution in [1.82, 2.24) is 9.97 Å². The van der Waals surface area contributed by atoms with Crippen LogP contribution in [0.25, 0.3) is 0 Å². The van der Waals surface area contributed by atoms with Crippen LogP contribution in [0.4, 0.5) is 5.95 Å². The van der Waals surface area contributed by atoms with E-state index in [-0.39, 0.29) is 5.69 Å². The molecular weight excluding hydrogens is 222 g/mol. The standard InChI is InChI=1S/C11H15N3O3/c1-7-2-4-14(5-3-7)11-12-8(10(16)17)6-9(15)13-11/h6-7H,2-5H2,1H3,(H,16,17)(H,12,13,15). The highest BCUT2D eigenvalue weighted by atomic mass is 16.4. The fourth-order valence-electron chi connectivity index (χ4n) is 1.92. The summed E-state index contributed by atoms with van der Waals surface area (Å²) >= 11 is 0. The molecule has 1 fully saturated rings. The van der Waals surface area contributed by atoms with Crippen LogP contribution in [0.15, 0.2) is 10.9 Å². The zero-order valence-corrected chi connectivity index (χ0v) is 9.64. The third kappa shape index (κ3) is 2.64. The quantitative estimate of drug-likeness (QED) is 0.790. The summed E-state index contributed by atoms with van der Waals surface area (Å²) in [7, 11) is 0. The number of nitrogens with one attached hydrogen (secondary N) is 1. The van der Waals surface area contributed by atoms with Crippen molar-refractivity contribution in [3.05, 3.63) is 22.1 Å². The number of hydrogen-bond donors (Lipinski definition) is 2. The number of piperidine rings is 1. The Morgan fingerprint density at radius 2 is 2.18 bits per heavy atom. The van der Waals surface area contributed by atoms with Crippen molar-refractivity contribution in [2.75, 3.05) is 18.0 Å². The van der Waals surface area contributed by atoms with Gasteiger partial charge in [-0.15, -0.1) is 0 Å². The summed E-state index contributed by atoms with van der Waals surface area (Å²) < 4.78 is 0. The van der Waals surface area contributed by atoms with Gasteiger partial charge in [0.25, 0.3) is 5.56 Å². The normalized spacial score (nSPS) is 17.1. The molecule has 0 radical (unpaired) electrons. The predicted octanol–water partition coefficient (Wildman–Crippen LogP) is 0.704. The molecule has 17 heavy (non-hydrogen) atoms. The molecule has 0 unspecified atom stereocenters. The maximum atomic E-state index is 11.3. The topological polar surface area (TPSA) is 86.3 Å². The first-order valence-electron chi connectivity index (χ1n) is 5.66. The van der Waals surface area contributed by atoms with Crippen molar-refractivity contribution >= 4 is 11.9 Å². The van der Waals surface area contributed by atoms with Gasteiger partial charge < -0.3 is 10.0 Å². The van der Waals surface area contributed by atoms with Crippen molar-refractivity contribution in [1.29, 1.82) is 0 Å². The maximum Gasteiger partial charge on any atom is 0.354 e. The summed E-state index contributed by atoms with van der Waals surface area (Å²) in [5.41, 5.74) is -0.631. The van der Waals surface area contributed by atoms with Gasteiger partial charge in [-0.2, -0.15) is 0 Å². The molecule has 0 amide bonds. The molecule has 1 aromatic heterocycles. The number of hydrogen-bond acceptors (Lipinski definition) is 4. The lowest BCUT2D eigenvalue weighted by atomic mass is 10.00. The third-order valence-corrected chi connectivity index (χ3v) is 3.03. The third-order valence-electron chi connectivity index (χ3n) is 3.03. The van der Waals surface area contributed by atoms with Gasteiger partial charge in [0.2, 0.25) is 5.95 Å². The summed E-state index contributed by atoms with van der Waals surface area (Å²) in [6.45, 7) is 3.78. The molecule has 2 heterocycles. The number of aromatic carboxylic acids is 1. The Balaban J connectivity index is 2.26. The number of carboxylic acids is 1. The molecular formula is C11H15N3O3. The molecule has 0 saturated carbocycles. The molecule has 0 spiro atoms. The van der Waals surface area contributed by atoms with E-state index < -0.39 is 11.5 Å². The van der Waals surface area contributed by atoms with Gasteiger partial charge in [-0.3, -0.25) is 9.78 Å². The lowest BCUT2D eigenvalue weighted by Crippen LogP contribution is -2.35. The van der Waals surface area contributed by atoms with E-state index >= 15 is 0 Å². The van der Waals surface area contributed by atoms with Crippen molar-refractivity contribution in [2.45, 2.75) is 19.8 Å². The van der Waals surface area contributed by atoms with Gasteiger partial charge in [-0.05, 0) is 18.8 Å². The first-order chi connectivity index (χ1) is 8.06. The number of aromatic nitrogens is 2. The van der Waals surface area contributed by atoms with Crippen LogP contribution in [0.2, 0.25) is 0 Å². The lowest BCUT2D eigenvalue weighted by molar-refractivity contribution is 0.0690. The lowest BCUT2D eigenvalue weighted by Gasteiger charge is -2.30. The number of nitrogens with zero attached hydrogens (tertiary/aromatic N) is 2. The minimum Gasteiger partial charge on any atom is -0.477 e. The second kappa shape index (κ2) is 4.57. The Morgan fingerprint density at radius 1 is 1.53 bits per heavy atom. The first kappa shape index (κ1) is 11.6. The van der Waals surface area contributed by atoms with Crippen molar-refractivity contribution in [3.63, 3.8) is 0 Å². The van der Waals surface area contributed by atoms with Gasteiger partial charge in [0, 0.05) is 19.2 Å². The highest BCUT2D eigenvalue weighted by Crippen LogP contribution is 2.19. The Morgan fingerprint density at radius 3 is 2.76 bits per heavy atom.